The number of amides is 1. The summed E-state index contributed by atoms with van der Waals surface area (Å²) in [5.41, 5.74) is 2.02. The fraction of sp³-hybridized carbons (Fsp3) is 0.286. The Hall–Kier alpha value is -2.30. The summed E-state index contributed by atoms with van der Waals surface area (Å²) >= 11 is 0. The van der Waals surface area contributed by atoms with Gasteiger partial charge in [-0.3, -0.25) is 4.90 Å². The van der Waals surface area contributed by atoms with Gasteiger partial charge in [-0.1, -0.05) is 23.4 Å². The van der Waals surface area contributed by atoms with Crippen molar-refractivity contribution in [2.45, 2.75) is 19.9 Å². The van der Waals surface area contributed by atoms with Gasteiger partial charge in [-0.05, 0) is 25.5 Å². The molecule has 0 atom stereocenters. The van der Waals surface area contributed by atoms with Crippen LogP contribution >= 0.6 is 0 Å². The lowest BCUT2D eigenvalue weighted by Crippen LogP contribution is -2.37. The molecule has 1 amide bonds. The van der Waals surface area contributed by atoms with E-state index in [9.17, 15) is 4.79 Å². The Bertz CT molecular complexity index is 592. The summed E-state index contributed by atoms with van der Waals surface area (Å²) in [6, 6.07) is 9.05. The fourth-order valence-corrected chi connectivity index (χ4v) is 2.19. The molecule has 3 rings (SSSR count). The van der Waals surface area contributed by atoms with E-state index in [2.05, 4.69) is 5.16 Å². The number of aromatic nitrogens is 1. The summed E-state index contributed by atoms with van der Waals surface area (Å²) in [6.45, 7) is 2.96. The van der Waals surface area contributed by atoms with E-state index in [0.29, 0.717) is 18.8 Å². The standard InChI is InChI=1S/C14H14N2O3/c1-10-12-7-8-16(9-13(12)19-15-10)14(17)18-11-5-3-2-4-6-11/h2-6H,7-9H2,1H3. The second-order valence-electron chi connectivity index (χ2n) is 4.52. The number of carbonyl (C=O) groups excluding carboxylic acids is 1. The van der Waals surface area contributed by atoms with E-state index in [1.807, 2.05) is 25.1 Å². The normalized spacial score (nSPS) is 14.1. The third-order valence-electron chi connectivity index (χ3n) is 3.24. The molecule has 0 spiro atoms. The molecule has 5 nitrogen and oxygen atoms in total. The molecule has 2 heterocycles. The van der Waals surface area contributed by atoms with Crippen molar-refractivity contribution in [1.29, 1.82) is 0 Å². The molecule has 19 heavy (non-hydrogen) atoms. The summed E-state index contributed by atoms with van der Waals surface area (Å²) in [5, 5.41) is 3.92. The molecular weight excluding hydrogens is 244 g/mol. The van der Waals surface area contributed by atoms with Crippen LogP contribution in [0.4, 0.5) is 4.79 Å². The number of hydrogen-bond acceptors (Lipinski definition) is 4. The zero-order chi connectivity index (χ0) is 13.2. The zero-order valence-corrected chi connectivity index (χ0v) is 10.6. The van der Waals surface area contributed by atoms with Gasteiger partial charge in [-0.15, -0.1) is 0 Å². The molecule has 0 N–H and O–H groups in total. The number of carbonyl (C=O) groups is 1. The van der Waals surface area contributed by atoms with Gasteiger partial charge < -0.3 is 9.26 Å². The Morgan fingerprint density at radius 2 is 2.16 bits per heavy atom. The fourth-order valence-electron chi connectivity index (χ4n) is 2.19. The Labute approximate surface area is 110 Å². The maximum absolute atomic E-state index is 12.0. The van der Waals surface area contributed by atoms with Crippen LogP contribution in [0.15, 0.2) is 34.9 Å². The van der Waals surface area contributed by atoms with Gasteiger partial charge >= 0.3 is 6.09 Å². The van der Waals surface area contributed by atoms with E-state index in [1.165, 1.54) is 0 Å². The predicted molar refractivity (Wildman–Crippen MR) is 67.8 cm³/mol. The quantitative estimate of drug-likeness (QED) is 0.788. The summed E-state index contributed by atoms with van der Waals surface area (Å²) < 4.78 is 10.5. The van der Waals surface area contributed by atoms with Crippen molar-refractivity contribution in [3.05, 3.63) is 47.3 Å². The van der Waals surface area contributed by atoms with Crippen molar-refractivity contribution in [2.24, 2.45) is 0 Å². The van der Waals surface area contributed by atoms with Crippen molar-refractivity contribution in [1.82, 2.24) is 10.1 Å². The van der Waals surface area contributed by atoms with Crippen LogP contribution in [0.25, 0.3) is 0 Å². The lowest BCUT2D eigenvalue weighted by Gasteiger charge is -2.24. The first-order valence-electron chi connectivity index (χ1n) is 6.20. The van der Waals surface area contributed by atoms with Crippen LogP contribution in [0.2, 0.25) is 0 Å². The Kier molecular flexibility index (Phi) is 2.95. The van der Waals surface area contributed by atoms with Gasteiger partial charge in [0.05, 0.1) is 12.2 Å². The number of rotatable bonds is 1. The van der Waals surface area contributed by atoms with E-state index in [-0.39, 0.29) is 6.09 Å². The molecular formula is C14H14N2O3. The highest BCUT2D eigenvalue weighted by molar-refractivity contribution is 5.71. The molecule has 2 aromatic rings. The molecule has 98 valence electrons. The smallest absolute Gasteiger partial charge is 0.410 e. The van der Waals surface area contributed by atoms with Crippen LogP contribution in [-0.2, 0) is 13.0 Å². The largest absolute Gasteiger partial charge is 0.415 e. The first-order chi connectivity index (χ1) is 9.24. The average molecular weight is 258 g/mol. The van der Waals surface area contributed by atoms with Crippen molar-refractivity contribution >= 4 is 6.09 Å². The molecule has 0 bridgehead atoms. The molecule has 0 fully saturated rings. The number of hydrogen-bond donors (Lipinski definition) is 0. The van der Waals surface area contributed by atoms with E-state index >= 15 is 0 Å². The number of para-hydroxylation sites is 1. The van der Waals surface area contributed by atoms with Crippen molar-refractivity contribution in [2.75, 3.05) is 6.54 Å². The molecule has 0 unspecified atom stereocenters. The minimum absolute atomic E-state index is 0.356. The van der Waals surface area contributed by atoms with Crippen LogP contribution in [0.1, 0.15) is 17.0 Å². The average Bonchev–Trinajstić information content (AvgIpc) is 2.81. The van der Waals surface area contributed by atoms with Gasteiger partial charge in [-0.25, -0.2) is 4.79 Å². The first kappa shape index (κ1) is 11.8. The Morgan fingerprint density at radius 1 is 1.37 bits per heavy atom. The summed E-state index contributed by atoms with van der Waals surface area (Å²) in [6.07, 6.45) is 0.403. The topological polar surface area (TPSA) is 55.6 Å². The molecule has 5 heteroatoms. The van der Waals surface area contributed by atoms with Gasteiger partial charge in [-0.2, -0.15) is 0 Å². The number of fused-ring (bicyclic) bond motifs is 1. The lowest BCUT2D eigenvalue weighted by molar-refractivity contribution is 0.140. The third-order valence-corrected chi connectivity index (χ3v) is 3.24. The lowest BCUT2D eigenvalue weighted by atomic mass is 10.1. The zero-order valence-electron chi connectivity index (χ0n) is 10.6. The maximum Gasteiger partial charge on any atom is 0.415 e. The van der Waals surface area contributed by atoms with Gasteiger partial charge in [0, 0.05) is 12.1 Å². The predicted octanol–water partition coefficient (Wildman–Crippen LogP) is 2.54. The molecule has 0 radical (unpaired) electrons. The number of benzene rings is 1. The Balaban J connectivity index is 1.69. The third kappa shape index (κ3) is 2.31. The van der Waals surface area contributed by atoms with Gasteiger partial charge in [0.1, 0.15) is 5.75 Å². The van der Waals surface area contributed by atoms with Crippen LogP contribution in [0.5, 0.6) is 5.75 Å². The Morgan fingerprint density at radius 3 is 2.95 bits per heavy atom. The summed E-state index contributed by atoms with van der Waals surface area (Å²) in [7, 11) is 0. The van der Waals surface area contributed by atoms with Gasteiger partial charge in [0.2, 0.25) is 0 Å². The van der Waals surface area contributed by atoms with Crippen molar-refractivity contribution < 1.29 is 14.1 Å². The monoisotopic (exact) mass is 258 g/mol. The van der Waals surface area contributed by atoms with E-state index in [0.717, 1.165) is 23.4 Å². The van der Waals surface area contributed by atoms with E-state index < -0.39 is 0 Å². The second-order valence-corrected chi connectivity index (χ2v) is 4.52. The van der Waals surface area contributed by atoms with Crippen LogP contribution < -0.4 is 4.74 Å². The van der Waals surface area contributed by atoms with E-state index in [1.54, 1.807) is 17.0 Å². The highest BCUT2D eigenvalue weighted by Gasteiger charge is 2.26. The van der Waals surface area contributed by atoms with Gasteiger partial charge in [0.15, 0.2) is 5.76 Å². The van der Waals surface area contributed by atoms with Gasteiger partial charge in [0.25, 0.3) is 0 Å². The first-order valence-corrected chi connectivity index (χ1v) is 6.20. The minimum Gasteiger partial charge on any atom is -0.410 e. The van der Waals surface area contributed by atoms with Crippen molar-refractivity contribution in [3.8, 4) is 5.75 Å². The number of aryl methyl sites for hydroxylation is 1. The molecule has 1 aromatic heterocycles. The number of nitrogens with zero attached hydrogens (tertiary/aromatic N) is 2. The highest BCUT2D eigenvalue weighted by Crippen LogP contribution is 2.22. The minimum atomic E-state index is -0.356. The molecule has 1 aliphatic heterocycles. The second kappa shape index (κ2) is 4.76. The van der Waals surface area contributed by atoms with Crippen LogP contribution in [0, 0.1) is 6.92 Å². The summed E-state index contributed by atoms with van der Waals surface area (Å²) in [4.78, 5) is 13.7. The maximum atomic E-state index is 12.0. The molecule has 0 saturated carbocycles. The highest BCUT2D eigenvalue weighted by atomic mass is 16.6. The SMILES string of the molecule is Cc1noc2c1CCN(C(=O)Oc1ccccc1)C2. The molecule has 0 saturated heterocycles. The number of ether oxygens (including phenoxy) is 1. The molecule has 0 aliphatic carbocycles. The summed E-state index contributed by atoms with van der Waals surface area (Å²) in [5.74, 6) is 1.31. The molecule has 1 aromatic carbocycles. The van der Waals surface area contributed by atoms with E-state index in [4.69, 9.17) is 9.26 Å². The molecule has 1 aliphatic rings. The van der Waals surface area contributed by atoms with Crippen LogP contribution in [-0.4, -0.2) is 22.7 Å². The van der Waals surface area contributed by atoms with Crippen molar-refractivity contribution in [3.63, 3.8) is 0 Å². The van der Waals surface area contributed by atoms with Crippen LogP contribution in [0.3, 0.4) is 0 Å².